The Bertz CT molecular complexity index is 743. The molecule has 2 rings (SSSR count). The summed E-state index contributed by atoms with van der Waals surface area (Å²) >= 11 is 0. The van der Waals surface area contributed by atoms with E-state index in [0.29, 0.717) is 18.3 Å². The molecule has 0 aliphatic rings. The Labute approximate surface area is 174 Å². The van der Waals surface area contributed by atoms with Gasteiger partial charge in [0.05, 0.1) is 18.2 Å². The van der Waals surface area contributed by atoms with E-state index in [1.807, 2.05) is 43.3 Å². The quantitative estimate of drug-likeness (QED) is 0.403. The largest absolute Gasteiger partial charge is 0.496 e. The van der Waals surface area contributed by atoms with Gasteiger partial charge in [0.2, 0.25) is 0 Å². The molecule has 0 aliphatic heterocycles. The van der Waals surface area contributed by atoms with Crippen LogP contribution in [0.1, 0.15) is 45.2 Å². The van der Waals surface area contributed by atoms with Gasteiger partial charge in [-0.2, -0.15) is 0 Å². The van der Waals surface area contributed by atoms with Crippen molar-refractivity contribution in [1.82, 2.24) is 4.90 Å². The summed E-state index contributed by atoms with van der Waals surface area (Å²) in [7, 11) is 0. The van der Waals surface area contributed by atoms with Crippen molar-refractivity contribution in [2.75, 3.05) is 6.61 Å². The van der Waals surface area contributed by atoms with Gasteiger partial charge in [-0.1, -0.05) is 74.5 Å². The Kier molecular flexibility index (Phi) is 8.94. The van der Waals surface area contributed by atoms with Gasteiger partial charge in [0.1, 0.15) is 5.76 Å². The van der Waals surface area contributed by atoms with Crippen LogP contribution < -0.4 is 0 Å². The van der Waals surface area contributed by atoms with Crippen molar-refractivity contribution in [1.29, 1.82) is 0 Å². The molecule has 29 heavy (non-hydrogen) atoms. The smallest absolute Gasteiger partial charge is 0.334 e. The lowest BCUT2D eigenvalue weighted by Crippen LogP contribution is -2.38. The van der Waals surface area contributed by atoms with E-state index in [4.69, 9.17) is 4.74 Å². The molecule has 0 aliphatic carbocycles. The topological polar surface area (TPSA) is 49.8 Å². The molecule has 0 aromatic heterocycles. The average molecular weight is 396 g/mol. The zero-order chi connectivity index (χ0) is 21.2. The predicted molar refractivity (Wildman–Crippen MR) is 117 cm³/mol. The number of carboxylic acids is 1. The molecule has 0 bridgehead atoms. The summed E-state index contributed by atoms with van der Waals surface area (Å²) in [5.41, 5.74) is 2.67. The number of carbonyl (C=O) groups is 1. The van der Waals surface area contributed by atoms with E-state index in [-0.39, 0.29) is 11.6 Å². The minimum Gasteiger partial charge on any atom is -0.496 e. The Balaban J connectivity index is 2.49. The van der Waals surface area contributed by atoms with Crippen LogP contribution in [0.2, 0.25) is 0 Å². The van der Waals surface area contributed by atoms with Crippen molar-refractivity contribution < 1.29 is 14.6 Å². The zero-order valence-corrected chi connectivity index (χ0v) is 18.0. The first-order chi connectivity index (χ1) is 13.9. The third kappa shape index (κ3) is 7.06. The van der Waals surface area contributed by atoms with Crippen molar-refractivity contribution >= 4 is 5.97 Å². The number of benzene rings is 2. The van der Waals surface area contributed by atoms with Crippen LogP contribution in [0.3, 0.4) is 0 Å². The van der Waals surface area contributed by atoms with Crippen LogP contribution in [0.25, 0.3) is 0 Å². The number of rotatable bonds is 11. The molecule has 0 radical (unpaired) electrons. The number of carboxylic acid groups (broad SMARTS) is 1. The molecular formula is C25H33NO3. The highest BCUT2D eigenvalue weighted by Crippen LogP contribution is 2.27. The van der Waals surface area contributed by atoms with Crippen LogP contribution in [-0.2, 0) is 22.6 Å². The summed E-state index contributed by atoms with van der Waals surface area (Å²) in [4.78, 5) is 14.1. The van der Waals surface area contributed by atoms with Gasteiger partial charge >= 0.3 is 5.97 Å². The summed E-state index contributed by atoms with van der Waals surface area (Å²) in [5.74, 6) is 0.0354. The fourth-order valence-electron chi connectivity index (χ4n) is 3.50. The van der Waals surface area contributed by atoms with Crippen LogP contribution in [0.5, 0.6) is 0 Å². The third-order valence-corrected chi connectivity index (χ3v) is 4.89. The van der Waals surface area contributed by atoms with Crippen LogP contribution >= 0.6 is 0 Å². The standard InChI is InChI=1S/C25H33NO3/c1-5-29-24(20(4)25(27)28)23(16-19(2)3)26(17-21-12-8-6-9-13-21)18-22-14-10-7-11-15-22/h6-15,19,23H,5,16-18H2,1-4H3,(H,27,28)/b24-20-. The fourth-order valence-corrected chi connectivity index (χ4v) is 3.50. The summed E-state index contributed by atoms with van der Waals surface area (Å²) in [6.07, 6.45) is 0.819. The molecule has 0 fully saturated rings. The lowest BCUT2D eigenvalue weighted by atomic mass is 9.96. The third-order valence-electron chi connectivity index (χ3n) is 4.89. The maximum Gasteiger partial charge on any atom is 0.334 e. The Morgan fingerprint density at radius 2 is 1.45 bits per heavy atom. The zero-order valence-electron chi connectivity index (χ0n) is 18.0. The maximum atomic E-state index is 11.8. The first kappa shape index (κ1) is 22.7. The van der Waals surface area contributed by atoms with Crippen molar-refractivity contribution in [3.63, 3.8) is 0 Å². The molecule has 0 spiro atoms. The van der Waals surface area contributed by atoms with Crippen molar-refractivity contribution in [2.24, 2.45) is 5.92 Å². The molecule has 0 heterocycles. The van der Waals surface area contributed by atoms with Gasteiger partial charge in [0.15, 0.2) is 0 Å². The van der Waals surface area contributed by atoms with E-state index < -0.39 is 5.97 Å². The van der Waals surface area contributed by atoms with E-state index in [0.717, 1.165) is 19.5 Å². The Hall–Kier alpha value is -2.59. The number of nitrogens with zero attached hydrogens (tertiary/aromatic N) is 1. The van der Waals surface area contributed by atoms with E-state index in [9.17, 15) is 9.90 Å². The first-order valence-corrected chi connectivity index (χ1v) is 10.3. The van der Waals surface area contributed by atoms with Gasteiger partial charge in [-0.15, -0.1) is 0 Å². The number of ether oxygens (including phenoxy) is 1. The van der Waals surface area contributed by atoms with Crippen LogP contribution in [0.15, 0.2) is 72.0 Å². The maximum absolute atomic E-state index is 11.8. The summed E-state index contributed by atoms with van der Waals surface area (Å²) in [6, 6.07) is 20.5. The second-order valence-electron chi connectivity index (χ2n) is 7.75. The minimum atomic E-state index is -0.929. The highest BCUT2D eigenvalue weighted by Gasteiger charge is 2.28. The van der Waals surface area contributed by atoms with Gasteiger partial charge in [-0.3, -0.25) is 4.90 Å². The Morgan fingerprint density at radius 3 is 1.83 bits per heavy atom. The number of hydrogen-bond donors (Lipinski definition) is 1. The summed E-state index contributed by atoms with van der Waals surface area (Å²) in [5, 5.41) is 9.67. The van der Waals surface area contributed by atoms with Crippen LogP contribution in [0.4, 0.5) is 0 Å². The predicted octanol–water partition coefficient (Wildman–Crippen LogP) is 5.50. The van der Waals surface area contributed by atoms with Crippen molar-refractivity contribution in [2.45, 2.75) is 53.2 Å². The van der Waals surface area contributed by atoms with Gasteiger partial charge in [-0.25, -0.2) is 4.79 Å². The van der Waals surface area contributed by atoms with E-state index in [2.05, 4.69) is 43.0 Å². The molecule has 0 saturated heterocycles. The van der Waals surface area contributed by atoms with Crippen LogP contribution in [0, 0.1) is 5.92 Å². The molecule has 4 nitrogen and oxygen atoms in total. The molecule has 156 valence electrons. The molecule has 1 atom stereocenters. The second kappa shape index (κ2) is 11.4. The lowest BCUT2D eigenvalue weighted by molar-refractivity contribution is -0.133. The van der Waals surface area contributed by atoms with Crippen molar-refractivity contribution in [3.8, 4) is 0 Å². The minimum absolute atomic E-state index is 0.119. The second-order valence-corrected chi connectivity index (χ2v) is 7.75. The Morgan fingerprint density at radius 1 is 0.966 bits per heavy atom. The first-order valence-electron chi connectivity index (χ1n) is 10.3. The SMILES string of the molecule is CCO/C(=C(/C)C(=O)O)C(CC(C)C)N(Cc1ccccc1)Cc1ccccc1. The van der Waals surface area contributed by atoms with Gasteiger partial charge in [-0.05, 0) is 37.3 Å². The normalized spacial score (nSPS) is 13.3. The lowest BCUT2D eigenvalue weighted by Gasteiger charge is -2.35. The molecule has 1 unspecified atom stereocenters. The summed E-state index contributed by atoms with van der Waals surface area (Å²) < 4.78 is 5.94. The van der Waals surface area contributed by atoms with Gasteiger partial charge in [0.25, 0.3) is 0 Å². The summed E-state index contributed by atoms with van der Waals surface area (Å²) in [6.45, 7) is 9.75. The van der Waals surface area contributed by atoms with Gasteiger partial charge in [0, 0.05) is 13.1 Å². The van der Waals surface area contributed by atoms with Crippen LogP contribution in [-0.4, -0.2) is 28.6 Å². The molecule has 0 amide bonds. The van der Waals surface area contributed by atoms with E-state index in [1.54, 1.807) is 6.92 Å². The number of aliphatic carboxylic acids is 1. The molecule has 2 aromatic rings. The van der Waals surface area contributed by atoms with E-state index in [1.165, 1.54) is 11.1 Å². The van der Waals surface area contributed by atoms with Crippen molar-refractivity contribution in [3.05, 3.63) is 83.1 Å². The molecule has 1 N–H and O–H groups in total. The number of hydrogen-bond acceptors (Lipinski definition) is 3. The molecule has 0 saturated carbocycles. The molecular weight excluding hydrogens is 362 g/mol. The van der Waals surface area contributed by atoms with Gasteiger partial charge < -0.3 is 9.84 Å². The van der Waals surface area contributed by atoms with E-state index >= 15 is 0 Å². The molecule has 4 heteroatoms. The average Bonchev–Trinajstić information content (AvgIpc) is 2.71. The molecule has 2 aromatic carbocycles. The highest BCUT2D eigenvalue weighted by molar-refractivity contribution is 5.86. The highest BCUT2D eigenvalue weighted by atomic mass is 16.5. The monoisotopic (exact) mass is 395 g/mol. The fraction of sp³-hybridized carbons (Fsp3) is 0.400.